The molecule has 0 bridgehead atoms. The van der Waals surface area contributed by atoms with Gasteiger partial charge in [0.2, 0.25) is 0 Å². The fourth-order valence-corrected chi connectivity index (χ4v) is 1.54. The average Bonchev–Trinajstić information content (AvgIpc) is 2.22. The van der Waals surface area contributed by atoms with Gasteiger partial charge in [-0.3, -0.25) is 9.59 Å². The third-order valence-electron chi connectivity index (χ3n) is 2.38. The van der Waals surface area contributed by atoms with Gasteiger partial charge >= 0.3 is 11.8 Å². The van der Waals surface area contributed by atoms with E-state index in [0.717, 1.165) is 0 Å². The van der Waals surface area contributed by atoms with E-state index in [0.29, 0.717) is 26.1 Å². The van der Waals surface area contributed by atoms with E-state index in [4.69, 9.17) is 4.74 Å². The summed E-state index contributed by atoms with van der Waals surface area (Å²) in [5.74, 6) is -1.02. The Hall–Kier alpha value is -1.10. The number of ether oxygens (including phenoxy) is 1. The third-order valence-corrected chi connectivity index (χ3v) is 2.38. The minimum atomic E-state index is -0.544. The zero-order valence-corrected chi connectivity index (χ0v) is 11.5. The van der Waals surface area contributed by atoms with Crippen LogP contribution in [-0.2, 0) is 14.3 Å². The van der Waals surface area contributed by atoms with Crippen LogP contribution in [0.25, 0.3) is 0 Å². The van der Waals surface area contributed by atoms with Crippen molar-refractivity contribution in [2.45, 2.75) is 39.7 Å². The molecule has 0 spiro atoms. The van der Waals surface area contributed by atoms with Gasteiger partial charge in [0.1, 0.15) is 0 Å². The first-order valence-electron chi connectivity index (χ1n) is 5.93. The first kappa shape index (κ1) is 15.9. The van der Waals surface area contributed by atoms with Gasteiger partial charge in [-0.15, -0.1) is 0 Å². The normalized spacial score (nSPS) is 11.1. The van der Waals surface area contributed by atoms with E-state index in [1.807, 2.05) is 27.7 Å². The summed E-state index contributed by atoms with van der Waals surface area (Å²) in [6.45, 7) is 9.15. The highest BCUT2D eigenvalue weighted by atomic mass is 16.5. The van der Waals surface area contributed by atoms with E-state index in [1.165, 1.54) is 0 Å². The minimum absolute atomic E-state index is 0.338. The van der Waals surface area contributed by atoms with Crippen LogP contribution < -0.4 is 5.32 Å². The second-order valence-corrected chi connectivity index (χ2v) is 4.82. The van der Waals surface area contributed by atoms with Crippen molar-refractivity contribution in [3.8, 4) is 0 Å². The van der Waals surface area contributed by atoms with Crippen LogP contribution >= 0.6 is 0 Å². The molecule has 0 aromatic heterocycles. The molecule has 0 rings (SSSR count). The highest BCUT2D eigenvalue weighted by molar-refractivity contribution is 6.35. The molecule has 0 aliphatic heterocycles. The summed E-state index contributed by atoms with van der Waals surface area (Å²) >= 11 is 0. The van der Waals surface area contributed by atoms with E-state index in [2.05, 4.69) is 5.32 Å². The monoisotopic (exact) mass is 244 g/mol. The largest absolute Gasteiger partial charge is 0.385 e. The van der Waals surface area contributed by atoms with Gasteiger partial charge in [-0.25, -0.2) is 0 Å². The van der Waals surface area contributed by atoms with Crippen LogP contribution in [0.15, 0.2) is 0 Å². The molecular formula is C12H24N2O3. The summed E-state index contributed by atoms with van der Waals surface area (Å²) in [6, 6.07) is 0. The Kier molecular flexibility index (Phi) is 6.80. The molecule has 0 atom stereocenters. The van der Waals surface area contributed by atoms with Crippen molar-refractivity contribution in [1.82, 2.24) is 10.2 Å². The first-order valence-corrected chi connectivity index (χ1v) is 5.93. The standard InChI is InChI=1S/C12H24N2O3/c1-6-14(12(2,3)4)11(16)10(15)13-8-7-9-17-5/h6-9H2,1-5H3,(H,13,15). The van der Waals surface area contributed by atoms with E-state index in [-0.39, 0.29) is 5.54 Å². The summed E-state index contributed by atoms with van der Waals surface area (Å²) in [6.07, 6.45) is 0.706. The summed E-state index contributed by atoms with van der Waals surface area (Å²) in [5, 5.41) is 2.59. The predicted molar refractivity (Wildman–Crippen MR) is 66.6 cm³/mol. The first-order chi connectivity index (χ1) is 7.84. The molecule has 0 saturated carbocycles. The van der Waals surface area contributed by atoms with Crippen molar-refractivity contribution in [2.75, 3.05) is 26.8 Å². The molecule has 0 heterocycles. The molecule has 0 aromatic carbocycles. The molecule has 17 heavy (non-hydrogen) atoms. The van der Waals surface area contributed by atoms with E-state index >= 15 is 0 Å². The maximum Gasteiger partial charge on any atom is 0.312 e. The van der Waals surface area contributed by atoms with Crippen molar-refractivity contribution >= 4 is 11.8 Å². The van der Waals surface area contributed by atoms with E-state index < -0.39 is 11.8 Å². The lowest BCUT2D eigenvalue weighted by atomic mass is 10.1. The molecule has 100 valence electrons. The number of rotatable bonds is 5. The zero-order valence-electron chi connectivity index (χ0n) is 11.5. The zero-order chi connectivity index (χ0) is 13.5. The molecule has 0 aliphatic rings. The number of amides is 2. The second-order valence-electron chi connectivity index (χ2n) is 4.82. The molecule has 0 radical (unpaired) electrons. The van der Waals surface area contributed by atoms with Gasteiger partial charge in [-0.1, -0.05) is 0 Å². The number of carbonyl (C=O) groups excluding carboxylic acids is 2. The van der Waals surface area contributed by atoms with Crippen LogP contribution in [0.3, 0.4) is 0 Å². The van der Waals surface area contributed by atoms with Crippen molar-refractivity contribution in [3.63, 3.8) is 0 Å². The van der Waals surface area contributed by atoms with E-state index in [9.17, 15) is 9.59 Å². The molecule has 0 aliphatic carbocycles. The molecule has 0 saturated heterocycles. The lowest BCUT2D eigenvalue weighted by molar-refractivity contribution is -0.148. The number of hydrogen-bond donors (Lipinski definition) is 1. The molecule has 0 aromatic rings. The van der Waals surface area contributed by atoms with Crippen LogP contribution in [-0.4, -0.2) is 49.1 Å². The molecule has 2 amide bonds. The Morgan fingerprint density at radius 2 is 1.88 bits per heavy atom. The highest BCUT2D eigenvalue weighted by Crippen LogP contribution is 2.12. The van der Waals surface area contributed by atoms with Crippen LogP contribution in [0, 0.1) is 0 Å². The van der Waals surface area contributed by atoms with Crippen LogP contribution in [0.4, 0.5) is 0 Å². The number of nitrogens with one attached hydrogen (secondary N) is 1. The fraction of sp³-hybridized carbons (Fsp3) is 0.833. The number of nitrogens with zero attached hydrogens (tertiary/aromatic N) is 1. The van der Waals surface area contributed by atoms with Gasteiger partial charge in [-0.05, 0) is 34.1 Å². The summed E-state index contributed by atoms with van der Waals surface area (Å²) in [7, 11) is 1.60. The Morgan fingerprint density at radius 3 is 2.29 bits per heavy atom. The lowest BCUT2D eigenvalue weighted by Crippen LogP contribution is -2.51. The molecule has 0 unspecified atom stereocenters. The maximum absolute atomic E-state index is 11.9. The third kappa shape index (κ3) is 5.68. The van der Waals surface area contributed by atoms with Crippen molar-refractivity contribution in [3.05, 3.63) is 0 Å². The van der Waals surface area contributed by atoms with E-state index in [1.54, 1.807) is 12.0 Å². The lowest BCUT2D eigenvalue weighted by Gasteiger charge is -2.34. The van der Waals surface area contributed by atoms with Gasteiger partial charge in [0.25, 0.3) is 0 Å². The molecule has 5 heteroatoms. The second kappa shape index (κ2) is 7.27. The van der Waals surface area contributed by atoms with Crippen molar-refractivity contribution in [1.29, 1.82) is 0 Å². The Labute approximate surface area is 103 Å². The van der Waals surface area contributed by atoms with Gasteiger partial charge in [0, 0.05) is 32.3 Å². The SMILES string of the molecule is CCN(C(=O)C(=O)NCCCOC)C(C)(C)C. The Bertz CT molecular complexity index is 259. The summed E-state index contributed by atoms with van der Waals surface area (Å²) in [4.78, 5) is 25.0. The number of hydrogen-bond acceptors (Lipinski definition) is 3. The van der Waals surface area contributed by atoms with Gasteiger partial charge < -0.3 is 15.0 Å². The number of likely N-dealkylation sites (N-methyl/N-ethyl adjacent to an activating group) is 1. The van der Waals surface area contributed by atoms with Crippen LogP contribution in [0.2, 0.25) is 0 Å². The van der Waals surface area contributed by atoms with Crippen molar-refractivity contribution in [2.24, 2.45) is 0 Å². The van der Waals surface area contributed by atoms with Gasteiger partial charge in [0.05, 0.1) is 0 Å². The average molecular weight is 244 g/mol. The minimum Gasteiger partial charge on any atom is -0.385 e. The van der Waals surface area contributed by atoms with Crippen molar-refractivity contribution < 1.29 is 14.3 Å². The summed E-state index contributed by atoms with van der Waals surface area (Å²) in [5.41, 5.74) is -0.338. The smallest absolute Gasteiger partial charge is 0.312 e. The summed E-state index contributed by atoms with van der Waals surface area (Å²) < 4.78 is 4.86. The molecule has 5 nitrogen and oxygen atoms in total. The highest BCUT2D eigenvalue weighted by Gasteiger charge is 2.29. The topological polar surface area (TPSA) is 58.6 Å². The number of methoxy groups -OCH3 is 1. The van der Waals surface area contributed by atoms with Gasteiger partial charge in [0.15, 0.2) is 0 Å². The van der Waals surface area contributed by atoms with Gasteiger partial charge in [-0.2, -0.15) is 0 Å². The Morgan fingerprint density at radius 1 is 1.29 bits per heavy atom. The quantitative estimate of drug-likeness (QED) is 0.574. The molecule has 1 N–H and O–H groups in total. The van der Waals surface area contributed by atoms with Crippen LogP contribution in [0.5, 0.6) is 0 Å². The maximum atomic E-state index is 11.9. The Balaban J connectivity index is 4.24. The number of carbonyl (C=O) groups is 2. The molecular weight excluding hydrogens is 220 g/mol. The molecule has 0 fully saturated rings. The van der Waals surface area contributed by atoms with Crippen LogP contribution in [0.1, 0.15) is 34.1 Å². The fourth-order valence-electron chi connectivity index (χ4n) is 1.54. The predicted octanol–water partition coefficient (Wildman–Crippen LogP) is 0.786.